The molecule has 8 heteroatoms. The Kier molecular flexibility index (Phi) is 7.37. The number of hydrogen-bond donors (Lipinski definition) is 1. The maximum atomic E-state index is 13.7. The molecule has 0 saturated carbocycles. The third-order valence-electron chi connectivity index (χ3n) is 4.68. The predicted molar refractivity (Wildman–Crippen MR) is 125 cm³/mol. The third kappa shape index (κ3) is 5.20. The second-order valence-electron chi connectivity index (χ2n) is 6.98. The standard InChI is InChI=1S/C24H26N2O5S/c1-4-31-21-13-9-8-12-20(21)25-24(27)17-26(19-10-6-5-7-11-19)32(28,29)23-16-18(2)14-15-22(23)30-3/h5-16H,4,17H2,1-3H3,(H,25,27). The summed E-state index contributed by atoms with van der Waals surface area (Å²) < 4.78 is 39.2. The zero-order valence-corrected chi connectivity index (χ0v) is 19.1. The number of benzene rings is 3. The van der Waals surface area contributed by atoms with Crippen molar-refractivity contribution in [3.8, 4) is 11.5 Å². The molecule has 0 bridgehead atoms. The molecule has 168 valence electrons. The smallest absolute Gasteiger partial charge is 0.268 e. The Labute approximate surface area is 188 Å². The summed E-state index contributed by atoms with van der Waals surface area (Å²) in [6.07, 6.45) is 0. The van der Waals surface area contributed by atoms with E-state index in [2.05, 4.69) is 5.32 Å². The van der Waals surface area contributed by atoms with E-state index < -0.39 is 22.5 Å². The molecule has 0 fully saturated rings. The van der Waals surface area contributed by atoms with Crippen molar-refractivity contribution in [3.05, 3.63) is 78.4 Å². The van der Waals surface area contributed by atoms with Crippen molar-refractivity contribution < 1.29 is 22.7 Å². The van der Waals surface area contributed by atoms with Gasteiger partial charge in [0.1, 0.15) is 22.9 Å². The highest BCUT2D eigenvalue weighted by molar-refractivity contribution is 7.93. The van der Waals surface area contributed by atoms with Gasteiger partial charge < -0.3 is 14.8 Å². The maximum absolute atomic E-state index is 13.7. The number of carbonyl (C=O) groups excluding carboxylic acids is 1. The van der Waals surface area contributed by atoms with Crippen LogP contribution in [0, 0.1) is 6.92 Å². The molecule has 3 aromatic carbocycles. The Hall–Kier alpha value is -3.52. The van der Waals surface area contributed by atoms with Crippen LogP contribution >= 0.6 is 0 Å². The summed E-state index contributed by atoms with van der Waals surface area (Å²) >= 11 is 0. The van der Waals surface area contributed by atoms with Crippen molar-refractivity contribution in [1.29, 1.82) is 0 Å². The van der Waals surface area contributed by atoms with Crippen molar-refractivity contribution in [2.75, 3.05) is 29.9 Å². The summed E-state index contributed by atoms with van der Waals surface area (Å²) in [5.41, 5.74) is 1.59. The van der Waals surface area contributed by atoms with E-state index in [4.69, 9.17) is 9.47 Å². The van der Waals surface area contributed by atoms with Crippen LogP contribution in [0.5, 0.6) is 11.5 Å². The Morgan fingerprint density at radius 2 is 1.66 bits per heavy atom. The zero-order chi connectivity index (χ0) is 23.1. The van der Waals surface area contributed by atoms with Gasteiger partial charge in [-0.1, -0.05) is 36.4 Å². The second kappa shape index (κ2) is 10.2. The molecule has 3 rings (SSSR count). The highest BCUT2D eigenvalue weighted by Gasteiger charge is 2.30. The van der Waals surface area contributed by atoms with Crippen LogP contribution in [0.2, 0.25) is 0 Å². The molecule has 0 aliphatic rings. The summed E-state index contributed by atoms with van der Waals surface area (Å²) in [5, 5.41) is 2.76. The molecule has 0 aromatic heterocycles. The highest BCUT2D eigenvalue weighted by Crippen LogP contribution is 2.31. The van der Waals surface area contributed by atoms with Gasteiger partial charge in [0.15, 0.2) is 0 Å². The van der Waals surface area contributed by atoms with Gasteiger partial charge in [-0.2, -0.15) is 0 Å². The number of ether oxygens (including phenoxy) is 2. The van der Waals surface area contributed by atoms with Crippen LogP contribution in [0.25, 0.3) is 0 Å². The van der Waals surface area contributed by atoms with Gasteiger partial charge in [0.25, 0.3) is 10.0 Å². The first-order valence-corrected chi connectivity index (χ1v) is 11.5. The fourth-order valence-corrected chi connectivity index (χ4v) is 4.85. The number of sulfonamides is 1. The summed E-state index contributed by atoms with van der Waals surface area (Å²) in [6.45, 7) is 3.65. The van der Waals surface area contributed by atoms with Crippen LogP contribution in [0.15, 0.2) is 77.7 Å². The number of carbonyl (C=O) groups is 1. The van der Waals surface area contributed by atoms with E-state index in [0.717, 1.165) is 9.87 Å². The number of rotatable bonds is 9. The number of para-hydroxylation sites is 3. The molecular formula is C24H26N2O5S. The lowest BCUT2D eigenvalue weighted by atomic mass is 10.2. The summed E-state index contributed by atoms with van der Waals surface area (Å²) in [5.74, 6) is 0.215. The van der Waals surface area contributed by atoms with E-state index in [0.29, 0.717) is 23.7 Å². The summed E-state index contributed by atoms with van der Waals surface area (Å²) in [4.78, 5) is 12.9. The van der Waals surface area contributed by atoms with Gasteiger partial charge in [-0.3, -0.25) is 9.10 Å². The van der Waals surface area contributed by atoms with Gasteiger partial charge in [0, 0.05) is 0 Å². The minimum Gasteiger partial charge on any atom is -0.495 e. The zero-order valence-electron chi connectivity index (χ0n) is 18.2. The first-order chi connectivity index (χ1) is 15.4. The molecule has 0 aliphatic carbocycles. The van der Waals surface area contributed by atoms with Crippen LogP contribution in [-0.2, 0) is 14.8 Å². The van der Waals surface area contributed by atoms with E-state index in [1.54, 1.807) is 73.7 Å². The molecule has 1 amide bonds. The first-order valence-electron chi connectivity index (χ1n) is 10.1. The lowest BCUT2D eigenvalue weighted by molar-refractivity contribution is -0.114. The molecule has 32 heavy (non-hydrogen) atoms. The topological polar surface area (TPSA) is 84.9 Å². The maximum Gasteiger partial charge on any atom is 0.268 e. The number of anilines is 2. The largest absolute Gasteiger partial charge is 0.495 e. The van der Waals surface area contributed by atoms with Gasteiger partial charge in [-0.15, -0.1) is 0 Å². The van der Waals surface area contributed by atoms with Crippen molar-refractivity contribution in [3.63, 3.8) is 0 Å². The van der Waals surface area contributed by atoms with E-state index in [-0.39, 0.29) is 10.6 Å². The van der Waals surface area contributed by atoms with Crippen LogP contribution in [0.3, 0.4) is 0 Å². The van der Waals surface area contributed by atoms with Gasteiger partial charge >= 0.3 is 0 Å². The normalized spacial score (nSPS) is 11.0. The molecule has 0 aliphatic heterocycles. The van der Waals surface area contributed by atoms with Crippen LogP contribution in [0.4, 0.5) is 11.4 Å². The quantitative estimate of drug-likeness (QED) is 0.523. The Morgan fingerprint density at radius 3 is 2.34 bits per heavy atom. The third-order valence-corrected chi connectivity index (χ3v) is 6.47. The average Bonchev–Trinajstić information content (AvgIpc) is 2.79. The van der Waals surface area contributed by atoms with E-state index >= 15 is 0 Å². The minimum atomic E-state index is -4.11. The Morgan fingerprint density at radius 1 is 0.969 bits per heavy atom. The number of amides is 1. The minimum absolute atomic E-state index is 0.00799. The number of methoxy groups -OCH3 is 1. The van der Waals surface area contributed by atoms with Gasteiger partial charge in [-0.05, 0) is 55.8 Å². The number of aryl methyl sites for hydroxylation is 1. The van der Waals surface area contributed by atoms with Gasteiger partial charge in [0.05, 0.1) is 25.1 Å². The van der Waals surface area contributed by atoms with E-state index in [9.17, 15) is 13.2 Å². The predicted octanol–water partition coefficient (Wildman–Crippen LogP) is 4.24. The molecule has 1 N–H and O–H groups in total. The van der Waals surface area contributed by atoms with Crippen molar-refractivity contribution >= 4 is 27.3 Å². The molecule has 7 nitrogen and oxygen atoms in total. The SMILES string of the molecule is CCOc1ccccc1NC(=O)CN(c1ccccc1)S(=O)(=O)c1cc(C)ccc1OC. The molecule has 0 spiro atoms. The van der Waals surface area contributed by atoms with Crippen molar-refractivity contribution in [1.82, 2.24) is 0 Å². The number of hydrogen-bond acceptors (Lipinski definition) is 5. The highest BCUT2D eigenvalue weighted by atomic mass is 32.2. The van der Waals surface area contributed by atoms with Crippen LogP contribution in [0.1, 0.15) is 12.5 Å². The van der Waals surface area contributed by atoms with Crippen LogP contribution in [-0.4, -0.2) is 34.6 Å². The molecule has 0 unspecified atom stereocenters. The molecule has 0 atom stereocenters. The van der Waals surface area contributed by atoms with Gasteiger partial charge in [-0.25, -0.2) is 8.42 Å². The molecule has 0 radical (unpaired) electrons. The molecule has 3 aromatic rings. The number of nitrogens with zero attached hydrogens (tertiary/aromatic N) is 1. The molecular weight excluding hydrogens is 428 g/mol. The van der Waals surface area contributed by atoms with Crippen molar-refractivity contribution in [2.45, 2.75) is 18.7 Å². The van der Waals surface area contributed by atoms with E-state index in [1.165, 1.54) is 13.2 Å². The fraction of sp³-hybridized carbons (Fsp3) is 0.208. The Balaban J connectivity index is 1.98. The first kappa shape index (κ1) is 23.1. The second-order valence-corrected chi connectivity index (χ2v) is 8.81. The molecule has 0 saturated heterocycles. The summed E-state index contributed by atoms with van der Waals surface area (Å²) in [6, 6.07) is 20.4. The lowest BCUT2D eigenvalue weighted by Crippen LogP contribution is -2.38. The monoisotopic (exact) mass is 454 g/mol. The van der Waals surface area contributed by atoms with E-state index in [1.807, 2.05) is 6.92 Å². The Bertz CT molecular complexity index is 1180. The summed E-state index contributed by atoms with van der Waals surface area (Å²) in [7, 11) is -2.70. The fourth-order valence-electron chi connectivity index (χ4n) is 3.18. The van der Waals surface area contributed by atoms with Crippen molar-refractivity contribution in [2.24, 2.45) is 0 Å². The lowest BCUT2D eigenvalue weighted by Gasteiger charge is -2.25. The van der Waals surface area contributed by atoms with Gasteiger partial charge in [0.2, 0.25) is 5.91 Å². The number of nitrogens with one attached hydrogen (secondary N) is 1. The average molecular weight is 455 g/mol. The molecule has 0 heterocycles. The van der Waals surface area contributed by atoms with Crippen LogP contribution < -0.4 is 19.1 Å².